The Morgan fingerprint density at radius 3 is 2.67 bits per heavy atom. The van der Waals surface area contributed by atoms with Gasteiger partial charge in [-0.3, -0.25) is 9.59 Å². The second-order valence-corrected chi connectivity index (χ2v) is 4.11. The predicted molar refractivity (Wildman–Crippen MR) is 67.2 cm³/mol. The van der Waals surface area contributed by atoms with Crippen molar-refractivity contribution in [1.29, 1.82) is 5.26 Å². The quantitative estimate of drug-likeness (QED) is 0.801. The van der Waals surface area contributed by atoms with Gasteiger partial charge in [-0.15, -0.1) is 0 Å². The Morgan fingerprint density at radius 2 is 2.11 bits per heavy atom. The van der Waals surface area contributed by atoms with E-state index in [4.69, 9.17) is 11.0 Å². The van der Waals surface area contributed by atoms with Crippen molar-refractivity contribution >= 4 is 16.8 Å². The number of benzene rings is 1. The van der Waals surface area contributed by atoms with E-state index in [1.165, 1.54) is 4.57 Å². The summed E-state index contributed by atoms with van der Waals surface area (Å²) >= 11 is 0. The molecule has 90 valence electrons. The van der Waals surface area contributed by atoms with Crippen molar-refractivity contribution in [2.24, 2.45) is 12.8 Å². The van der Waals surface area contributed by atoms with E-state index in [0.29, 0.717) is 10.9 Å². The number of nitrogens with two attached hydrogens (primary N) is 1. The first-order valence-electron chi connectivity index (χ1n) is 5.30. The SMILES string of the molecule is Cc1ccc2c(c1)c(C#N)c(C(N)=O)c(=O)n2C. The van der Waals surface area contributed by atoms with Gasteiger partial charge >= 0.3 is 0 Å². The fourth-order valence-electron chi connectivity index (χ4n) is 2.01. The molecule has 1 heterocycles. The lowest BCUT2D eigenvalue weighted by molar-refractivity contribution is 0.0998. The molecule has 2 aromatic rings. The number of nitriles is 1. The van der Waals surface area contributed by atoms with Crippen LogP contribution < -0.4 is 11.3 Å². The van der Waals surface area contributed by atoms with Gasteiger partial charge in [0.1, 0.15) is 11.6 Å². The van der Waals surface area contributed by atoms with Gasteiger partial charge in [0, 0.05) is 12.4 Å². The van der Waals surface area contributed by atoms with Gasteiger partial charge in [0.2, 0.25) is 0 Å². The number of primary amides is 1. The highest BCUT2D eigenvalue weighted by atomic mass is 16.2. The Bertz CT molecular complexity index is 766. The lowest BCUT2D eigenvalue weighted by Crippen LogP contribution is -2.30. The molecule has 2 N–H and O–H groups in total. The van der Waals surface area contributed by atoms with Gasteiger partial charge in [0.25, 0.3) is 11.5 Å². The molecule has 1 aromatic heterocycles. The monoisotopic (exact) mass is 241 g/mol. The lowest BCUT2D eigenvalue weighted by Gasteiger charge is -2.10. The van der Waals surface area contributed by atoms with E-state index in [9.17, 15) is 9.59 Å². The molecule has 0 bridgehead atoms. The molecule has 0 unspecified atom stereocenters. The molecule has 0 fully saturated rings. The van der Waals surface area contributed by atoms with Gasteiger partial charge in [0.05, 0.1) is 11.1 Å². The van der Waals surface area contributed by atoms with Gasteiger partial charge in [-0.2, -0.15) is 5.26 Å². The maximum Gasteiger partial charge on any atom is 0.264 e. The van der Waals surface area contributed by atoms with Crippen LogP contribution in [-0.4, -0.2) is 10.5 Å². The summed E-state index contributed by atoms with van der Waals surface area (Å²) in [5.41, 5.74) is 5.98. The molecule has 0 aliphatic carbocycles. The maximum atomic E-state index is 12.0. The van der Waals surface area contributed by atoms with Crippen molar-refractivity contribution in [2.45, 2.75) is 6.92 Å². The zero-order valence-corrected chi connectivity index (χ0v) is 10.0. The van der Waals surface area contributed by atoms with Gasteiger partial charge in [-0.1, -0.05) is 11.6 Å². The molecule has 0 saturated carbocycles. The van der Waals surface area contributed by atoms with Crippen molar-refractivity contribution < 1.29 is 4.79 Å². The summed E-state index contributed by atoms with van der Waals surface area (Å²) in [6.07, 6.45) is 0. The number of fused-ring (bicyclic) bond motifs is 1. The largest absolute Gasteiger partial charge is 0.365 e. The molecular weight excluding hydrogens is 230 g/mol. The molecule has 0 radical (unpaired) electrons. The van der Waals surface area contributed by atoms with Crippen LogP contribution in [0.25, 0.3) is 10.9 Å². The predicted octanol–water partition coefficient (Wildman–Crippen LogP) is 0.817. The Kier molecular flexibility index (Phi) is 2.64. The number of hydrogen-bond donors (Lipinski definition) is 1. The summed E-state index contributed by atoms with van der Waals surface area (Å²) < 4.78 is 1.33. The molecule has 2 rings (SSSR count). The number of aryl methyl sites for hydroxylation is 2. The Labute approximate surface area is 103 Å². The molecular formula is C13H11N3O2. The van der Waals surface area contributed by atoms with Crippen LogP contribution >= 0.6 is 0 Å². The van der Waals surface area contributed by atoms with Crippen LogP contribution in [0.4, 0.5) is 0 Å². The first-order valence-corrected chi connectivity index (χ1v) is 5.30. The molecule has 1 aromatic carbocycles. The third kappa shape index (κ3) is 1.55. The fraction of sp³-hybridized carbons (Fsp3) is 0.154. The fourth-order valence-corrected chi connectivity index (χ4v) is 2.01. The van der Waals surface area contributed by atoms with Crippen LogP contribution in [-0.2, 0) is 7.05 Å². The average Bonchev–Trinajstić information content (AvgIpc) is 2.32. The van der Waals surface area contributed by atoms with Crippen LogP contribution in [0.15, 0.2) is 23.0 Å². The first-order chi connectivity index (χ1) is 8.47. The number of carbonyl (C=O) groups excluding carboxylic acids is 1. The summed E-state index contributed by atoms with van der Waals surface area (Å²) in [5.74, 6) is -0.879. The molecule has 0 saturated heterocycles. The highest BCUT2D eigenvalue weighted by Crippen LogP contribution is 2.20. The van der Waals surface area contributed by atoms with Crippen molar-refractivity contribution in [1.82, 2.24) is 4.57 Å². The molecule has 1 amide bonds. The molecule has 18 heavy (non-hydrogen) atoms. The normalized spacial score (nSPS) is 10.3. The molecule has 5 heteroatoms. The maximum absolute atomic E-state index is 12.0. The minimum Gasteiger partial charge on any atom is -0.365 e. The van der Waals surface area contributed by atoms with Crippen LogP contribution in [0.2, 0.25) is 0 Å². The second kappa shape index (κ2) is 4.00. The molecule has 0 atom stereocenters. The van der Waals surface area contributed by atoms with Crippen LogP contribution in [0.5, 0.6) is 0 Å². The standard InChI is InChI=1S/C13H11N3O2/c1-7-3-4-10-8(5-7)9(6-14)11(12(15)17)13(18)16(10)2/h3-5H,1-2H3,(H2,15,17). The summed E-state index contributed by atoms with van der Waals surface area (Å²) in [4.78, 5) is 23.3. The number of pyridine rings is 1. The van der Waals surface area contributed by atoms with Crippen molar-refractivity contribution in [3.63, 3.8) is 0 Å². The number of nitrogens with zero attached hydrogens (tertiary/aromatic N) is 2. The summed E-state index contributed by atoms with van der Waals surface area (Å²) in [6, 6.07) is 7.25. The third-order valence-electron chi connectivity index (χ3n) is 2.91. The number of carbonyl (C=O) groups is 1. The summed E-state index contributed by atoms with van der Waals surface area (Å²) in [6.45, 7) is 1.87. The van der Waals surface area contributed by atoms with E-state index in [1.807, 2.05) is 19.1 Å². The van der Waals surface area contributed by atoms with E-state index < -0.39 is 11.5 Å². The van der Waals surface area contributed by atoms with Crippen LogP contribution in [0, 0.1) is 18.3 Å². The average molecular weight is 241 g/mol. The van der Waals surface area contributed by atoms with Gasteiger partial charge < -0.3 is 10.3 Å². The number of rotatable bonds is 1. The molecule has 0 aliphatic rings. The van der Waals surface area contributed by atoms with E-state index >= 15 is 0 Å². The van der Waals surface area contributed by atoms with Crippen molar-refractivity contribution in [3.8, 4) is 6.07 Å². The van der Waals surface area contributed by atoms with Crippen molar-refractivity contribution in [3.05, 3.63) is 45.2 Å². The number of amides is 1. The second-order valence-electron chi connectivity index (χ2n) is 4.11. The topological polar surface area (TPSA) is 88.9 Å². The van der Waals surface area contributed by atoms with E-state index in [0.717, 1.165) is 5.56 Å². The van der Waals surface area contributed by atoms with Crippen LogP contribution in [0.3, 0.4) is 0 Å². The lowest BCUT2D eigenvalue weighted by atomic mass is 10.0. The number of hydrogen-bond acceptors (Lipinski definition) is 3. The molecule has 0 aliphatic heterocycles. The minimum absolute atomic E-state index is 0.0456. The Balaban J connectivity index is 3.14. The number of aromatic nitrogens is 1. The van der Waals surface area contributed by atoms with Crippen molar-refractivity contribution in [2.75, 3.05) is 0 Å². The van der Waals surface area contributed by atoms with Gasteiger partial charge in [0.15, 0.2) is 0 Å². The van der Waals surface area contributed by atoms with Gasteiger partial charge in [-0.05, 0) is 19.1 Å². The van der Waals surface area contributed by atoms with E-state index in [1.54, 1.807) is 19.2 Å². The van der Waals surface area contributed by atoms with E-state index in [2.05, 4.69) is 0 Å². The minimum atomic E-state index is -0.879. The molecule has 5 nitrogen and oxygen atoms in total. The molecule has 0 spiro atoms. The zero-order valence-electron chi connectivity index (χ0n) is 10.0. The first kappa shape index (κ1) is 11.9. The third-order valence-corrected chi connectivity index (χ3v) is 2.91. The zero-order chi connectivity index (χ0) is 13.4. The van der Waals surface area contributed by atoms with Crippen LogP contribution in [0.1, 0.15) is 21.5 Å². The smallest absolute Gasteiger partial charge is 0.264 e. The highest BCUT2D eigenvalue weighted by Gasteiger charge is 2.19. The van der Waals surface area contributed by atoms with E-state index in [-0.39, 0.29) is 11.1 Å². The van der Waals surface area contributed by atoms with Gasteiger partial charge in [-0.25, -0.2) is 0 Å². The summed E-state index contributed by atoms with van der Waals surface area (Å²) in [7, 11) is 1.55. The summed E-state index contributed by atoms with van der Waals surface area (Å²) in [5, 5.41) is 9.73. The Hall–Kier alpha value is -2.61. The highest BCUT2D eigenvalue weighted by molar-refractivity contribution is 6.01. The Morgan fingerprint density at radius 1 is 1.44 bits per heavy atom.